The van der Waals surface area contributed by atoms with Crippen molar-refractivity contribution < 1.29 is 0 Å². The Kier molecular flexibility index (Phi) is 112. The van der Waals surface area contributed by atoms with E-state index in [1.165, 1.54) is 148 Å². The highest BCUT2D eigenvalue weighted by Gasteiger charge is 1.96. The van der Waals surface area contributed by atoms with Crippen LogP contribution in [0.15, 0.2) is 0 Å². The highest BCUT2D eigenvalue weighted by molar-refractivity contribution is 4.48. The van der Waals surface area contributed by atoms with Crippen molar-refractivity contribution in [2.45, 2.75) is 279 Å². The van der Waals surface area contributed by atoms with E-state index in [1.807, 2.05) is 0 Å². The average Bonchev–Trinajstić information content (AvgIpc) is 3.07. The van der Waals surface area contributed by atoms with Crippen molar-refractivity contribution in [3.8, 4) is 0 Å². The molecular formula is C45H106. The third-order valence-corrected chi connectivity index (χ3v) is 7.98. The molecule has 286 valence electrons. The van der Waals surface area contributed by atoms with Crippen LogP contribution in [0.3, 0.4) is 0 Å². The molecule has 0 heterocycles. The summed E-state index contributed by atoms with van der Waals surface area (Å²) in [5, 5.41) is 0. The largest absolute Gasteiger partial charge is 0.0656 e. The van der Waals surface area contributed by atoms with Crippen LogP contribution >= 0.6 is 0 Å². The third kappa shape index (κ3) is 124. The van der Waals surface area contributed by atoms with Gasteiger partial charge in [0.2, 0.25) is 0 Å². The van der Waals surface area contributed by atoms with E-state index < -0.39 is 0 Å². The minimum atomic E-state index is 0.935. The molecule has 0 fully saturated rings. The highest BCUT2D eigenvalue weighted by Crippen LogP contribution is 2.10. The molecule has 0 aromatic heterocycles. The summed E-state index contributed by atoms with van der Waals surface area (Å²) in [6, 6.07) is 0. The first-order chi connectivity index (χ1) is 21.5. The van der Waals surface area contributed by atoms with Gasteiger partial charge in [0, 0.05) is 0 Å². The second kappa shape index (κ2) is 79.4. The van der Waals surface area contributed by atoms with E-state index >= 15 is 0 Å². The van der Waals surface area contributed by atoms with Crippen molar-refractivity contribution in [2.75, 3.05) is 0 Å². The molecule has 0 bridgehead atoms. The SMILES string of the molecule is CCC.CCC(C)CC.CCC(CC)CC.CCCC.CCCC(C)CC.CCCCC.CCCCCC.CCCCCCC. The second-order valence-electron chi connectivity index (χ2n) is 13.1. The summed E-state index contributed by atoms with van der Waals surface area (Å²) < 4.78 is 0. The fraction of sp³-hybridized carbons (Fsp3) is 1.00. The first kappa shape index (κ1) is 63.6. The Morgan fingerprint density at radius 2 is 0.533 bits per heavy atom. The Morgan fingerprint density at radius 3 is 0.622 bits per heavy atom. The van der Waals surface area contributed by atoms with Crippen LogP contribution in [0.2, 0.25) is 0 Å². The molecular weight excluding hydrogens is 540 g/mol. The van der Waals surface area contributed by atoms with Crippen molar-refractivity contribution in [2.24, 2.45) is 17.8 Å². The van der Waals surface area contributed by atoms with Gasteiger partial charge in [-0.1, -0.05) is 279 Å². The quantitative estimate of drug-likeness (QED) is 0.130. The predicted molar refractivity (Wildman–Crippen MR) is 224 cm³/mol. The summed E-state index contributed by atoms with van der Waals surface area (Å²) in [6.07, 6.45) is 31.3. The van der Waals surface area contributed by atoms with Gasteiger partial charge in [0.05, 0.1) is 0 Å². The van der Waals surface area contributed by atoms with Crippen LogP contribution in [0.4, 0.5) is 0 Å². The van der Waals surface area contributed by atoms with Crippen molar-refractivity contribution in [1.82, 2.24) is 0 Å². The molecule has 0 rings (SSSR count). The predicted octanol–water partition coefficient (Wildman–Crippen LogP) is 19.1. The van der Waals surface area contributed by atoms with Crippen molar-refractivity contribution in [3.05, 3.63) is 0 Å². The number of rotatable bonds is 18. The molecule has 0 heteroatoms. The average molecular weight is 647 g/mol. The van der Waals surface area contributed by atoms with Crippen LogP contribution in [0.1, 0.15) is 279 Å². The van der Waals surface area contributed by atoms with E-state index in [4.69, 9.17) is 0 Å². The van der Waals surface area contributed by atoms with Gasteiger partial charge in [-0.2, -0.15) is 0 Å². The zero-order valence-corrected chi connectivity index (χ0v) is 37.0. The molecule has 1 unspecified atom stereocenters. The number of unbranched alkanes of at least 4 members (excludes halogenated alkanes) is 10. The molecule has 0 saturated carbocycles. The summed E-state index contributed by atoms with van der Waals surface area (Å²) in [4.78, 5) is 0. The highest BCUT2D eigenvalue weighted by atomic mass is 14.0. The minimum absolute atomic E-state index is 0.935. The van der Waals surface area contributed by atoms with Crippen LogP contribution < -0.4 is 0 Å². The van der Waals surface area contributed by atoms with Crippen molar-refractivity contribution in [1.29, 1.82) is 0 Å². The van der Waals surface area contributed by atoms with Gasteiger partial charge in [0.25, 0.3) is 0 Å². The zero-order valence-electron chi connectivity index (χ0n) is 37.0. The van der Waals surface area contributed by atoms with E-state index in [2.05, 4.69) is 132 Å². The summed E-state index contributed by atoms with van der Waals surface area (Å²) in [7, 11) is 0. The smallest absolute Gasteiger partial charge is 0.0422 e. The monoisotopic (exact) mass is 647 g/mol. The lowest BCUT2D eigenvalue weighted by Crippen LogP contribution is -1.91. The third-order valence-electron chi connectivity index (χ3n) is 7.98. The molecule has 0 aromatic rings. The molecule has 0 amide bonds. The fourth-order valence-corrected chi connectivity index (χ4v) is 3.38. The van der Waals surface area contributed by atoms with Crippen LogP contribution in [-0.2, 0) is 0 Å². The number of hydrogen-bond donors (Lipinski definition) is 0. The standard InChI is InChI=1S/3C7H16.2C6H14.C5H12.C4H10.C3H8/c1-4-6-7(3)5-2;1-4-7(5-2)6-3;1-3-5-7-6-4-2;1-4-6(3)5-2;1-3-5-6-4-2;1-3-5-4-2;1-3-4-2;1-3-2/h2*7H,4-6H2,1-3H3;3-7H2,1-2H3;6H,4-5H2,1-3H3;3-6H2,1-2H3;3-5H2,1-2H3;3-4H2,1-2H3;3H2,1-2H3. The Morgan fingerprint density at radius 1 is 0.267 bits per heavy atom. The first-order valence-electron chi connectivity index (χ1n) is 21.5. The van der Waals surface area contributed by atoms with Crippen LogP contribution in [-0.4, -0.2) is 0 Å². The molecule has 0 aliphatic carbocycles. The van der Waals surface area contributed by atoms with Gasteiger partial charge in [0.15, 0.2) is 0 Å². The van der Waals surface area contributed by atoms with E-state index in [1.54, 1.807) is 0 Å². The van der Waals surface area contributed by atoms with Gasteiger partial charge >= 0.3 is 0 Å². The summed E-state index contributed by atoms with van der Waals surface area (Å²) in [6.45, 7) is 42.3. The molecule has 0 aliphatic rings. The van der Waals surface area contributed by atoms with Crippen LogP contribution in [0.25, 0.3) is 0 Å². The van der Waals surface area contributed by atoms with Crippen LogP contribution in [0, 0.1) is 17.8 Å². The molecule has 0 radical (unpaired) electrons. The maximum Gasteiger partial charge on any atom is -0.0422 e. The number of hydrogen-bond acceptors (Lipinski definition) is 0. The van der Waals surface area contributed by atoms with E-state index in [0.717, 1.165) is 17.8 Å². The van der Waals surface area contributed by atoms with Gasteiger partial charge in [-0.3, -0.25) is 0 Å². The van der Waals surface area contributed by atoms with E-state index in [0.29, 0.717) is 0 Å². The summed E-state index contributed by atoms with van der Waals surface area (Å²) in [5.41, 5.74) is 0. The van der Waals surface area contributed by atoms with Gasteiger partial charge in [-0.25, -0.2) is 0 Å². The van der Waals surface area contributed by atoms with E-state index in [9.17, 15) is 0 Å². The normalized spacial score (nSPS) is 9.80. The van der Waals surface area contributed by atoms with Gasteiger partial charge < -0.3 is 0 Å². The van der Waals surface area contributed by atoms with Crippen molar-refractivity contribution >= 4 is 0 Å². The lowest BCUT2D eigenvalue weighted by Gasteiger charge is -2.05. The molecule has 0 spiro atoms. The molecule has 0 saturated heterocycles. The molecule has 45 heavy (non-hydrogen) atoms. The molecule has 0 N–H and O–H groups in total. The Balaban J connectivity index is -0.0000000586. The Labute approximate surface area is 296 Å². The lowest BCUT2D eigenvalue weighted by atomic mass is 10.0. The summed E-state index contributed by atoms with van der Waals surface area (Å²) in [5.74, 6) is 2.87. The van der Waals surface area contributed by atoms with Gasteiger partial charge in [0.1, 0.15) is 0 Å². The van der Waals surface area contributed by atoms with Gasteiger partial charge in [-0.15, -0.1) is 0 Å². The fourth-order valence-electron chi connectivity index (χ4n) is 3.38. The van der Waals surface area contributed by atoms with E-state index in [-0.39, 0.29) is 0 Å². The summed E-state index contributed by atoms with van der Waals surface area (Å²) >= 11 is 0. The maximum absolute atomic E-state index is 2.31. The zero-order chi connectivity index (χ0) is 37.0. The Bertz CT molecular complexity index is 294. The first-order valence-corrected chi connectivity index (χ1v) is 21.5. The van der Waals surface area contributed by atoms with Crippen LogP contribution in [0.5, 0.6) is 0 Å². The molecule has 1 atom stereocenters. The maximum atomic E-state index is 2.31. The minimum Gasteiger partial charge on any atom is -0.0656 e. The Hall–Kier alpha value is 0. The van der Waals surface area contributed by atoms with Gasteiger partial charge in [-0.05, 0) is 17.8 Å². The van der Waals surface area contributed by atoms with Crippen molar-refractivity contribution in [3.63, 3.8) is 0 Å². The molecule has 0 nitrogen and oxygen atoms in total. The molecule has 0 aliphatic heterocycles. The second-order valence-corrected chi connectivity index (χ2v) is 13.1. The lowest BCUT2D eigenvalue weighted by molar-refractivity contribution is 0.477. The molecule has 0 aromatic carbocycles. The topological polar surface area (TPSA) is 0 Å².